The Morgan fingerprint density at radius 1 is 0.629 bits per heavy atom. The van der Waals surface area contributed by atoms with Gasteiger partial charge in [-0.25, -0.2) is 0 Å². The Labute approximate surface area is 210 Å². The average Bonchev–Trinajstić information content (AvgIpc) is 3.59. The average molecular weight is 455 g/mol. The molecular formula is C35H34. The quantitative estimate of drug-likeness (QED) is 0.427. The summed E-state index contributed by atoms with van der Waals surface area (Å²) >= 11 is 0. The van der Waals surface area contributed by atoms with Crippen molar-refractivity contribution in [3.05, 3.63) is 115 Å². The van der Waals surface area contributed by atoms with Crippen molar-refractivity contribution in [3.63, 3.8) is 0 Å². The zero-order valence-electron chi connectivity index (χ0n) is 20.4. The first-order valence-corrected chi connectivity index (χ1v) is 14.0. The molecule has 0 aliphatic heterocycles. The Kier molecular flexibility index (Phi) is 4.53. The van der Waals surface area contributed by atoms with Crippen molar-refractivity contribution >= 4 is 0 Å². The molecule has 8 unspecified atom stereocenters. The first kappa shape index (κ1) is 20.6. The van der Waals surface area contributed by atoms with E-state index >= 15 is 0 Å². The normalized spacial score (nSPS) is 40.3. The topological polar surface area (TPSA) is 0 Å². The summed E-state index contributed by atoms with van der Waals surface area (Å²) in [6.45, 7) is 0. The summed E-state index contributed by atoms with van der Waals surface area (Å²) in [4.78, 5) is 0. The van der Waals surface area contributed by atoms with Crippen molar-refractivity contribution in [1.82, 2.24) is 0 Å². The highest BCUT2D eigenvalue weighted by molar-refractivity contribution is 5.79. The van der Waals surface area contributed by atoms with E-state index in [1.807, 2.05) is 0 Å². The summed E-state index contributed by atoms with van der Waals surface area (Å²) in [5.74, 6) is 5.11. The molecule has 0 nitrogen and oxygen atoms in total. The molecule has 2 aromatic rings. The number of rotatable bonds is 2. The van der Waals surface area contributed by atoms with Crippen LogP contribution in [0.5, 0.6) is 0 Å². The summed E-state index contributed by atoms with van der Waals surface area (Å²) in [6.07, 6.45) is 30.6. The molecule has 0 aromatic heterocycles. The Morgan fingerprint density at radius 2 is 1.29 bits per heavy atom. The Balaban J connectivity index is 1.35. The molecule has 35 heavy (non-hydrogen) atoms. The maximum atomic E-state index is 4.47. The Bertz CT molecular complexity index is 1230. The van der Waals surface area contributed by atoms with Gasteiger partial charge in [-0.2, -0.15) is 0 Å². The molecule has 2 radical (unpaired) electrons. The van der Waals surface area contributed by atoms with Gasteiger partial charge in [0.25, 0.3) is 0 Å². The zero-order chi connectivity index (χ0) is 23.0. The third-order valence-electron chi connectivity index (χ3n) is 10.8. The number of benzene rings is 2. The maximum absolute atomic E-state index is 4.47. The van der Waals surface area contributed by atoms with Crippen molar-refractivity contribution in [2.45, 2.75) is 38.0 Å². The van der Waals surface area contributed by atoms with E-state index < -0.39 is 0 Å². The van der Waals surface area contributed by atoms with Crippen LogP contribution in [0.4, 0.5) is 0 Å². The molecule has 3 fully saturated rings. The smallest absolute Gasteiger partial charge is 0.0170 e. The van der Waals surface area contributed by atoms with Crippen LogP contribution in [0.1, 0.15) is 49.1 Å². The largest absolute Gasteiger partial charge is 0.0808 e. The highest BCUT2D eigenvalue weighted by Crippen LogP contribution is 2.72. The molecule has 8 atom stereocenters. The molecule has 174 valence electrons. The second kappa shape index (κ2) is 7.70. The molecule has 3 saturated carbocycles. The number of hydrogen-bond donors (Lipinski definition) is 0. The van der Waals surface area contributed by atoms with E-state index in [-0.39, 0.29) is 5.41 Å². The fraction of sp³-hybridized carbons (Fsp3) is 0.400. The minimum atomic E-state index is 0.101. The van der Waals surface area contributed by atoms with E-state index in [0.29, 0.717) is 35.5 Å². The molecule has 0 heterocycles. The third-order valence-corrected chi connectivity index (χ3v) is 10.8. The van der Waals surface area contributed by atoms with E-state index in [4.69, 9.17) is 0 Å². The van der Waals surface area contributed by atoms with Crippen molar-refractivity contribution in [3.8, 4) is 11.1 Å². The number of fused-ring (bicyclic) bond motifs is 7. The van der Waals surface area contributed by atoms with Gasteiger partial charge >= 0.3 is 0 Å². The molecule has 6 aliphatic rings. The van der Waals surface area contributed by atoms with Gasteiger partial charge in [0.1, 0.15) is 0 Å². The molecule has 6 aliphatic carbocycles. The summed E-state index contributed by atoms with van der Waals surface area (Å²) < 4.78 is 0. The minimum absolute atomic E-state index is 0.101. The molecule has 8 rings (SSSR count). The van der Waals surface area contributed by atoms with Gasteiger partial charge in [0, 0.05) is 5.92 Å². The van der Waals surface area contributed by atoms with Crippen LogP contribution >= 0.6 is 0 Å². The minimum Gasteiger partial charge on any atom is -0.0808 e. The molecule has 0 saturated heterocycles. The van der Waals surface area contributed by atoms with Crippen LogP contribution in [0.15, 0.2) is 97.1 Å². The molecule has 2 aromatic carbocycles. The summed E-state index contributed by atoms with van der Waals surface area (Å²) in [7, 11) is 0. The lowest BCUT2D eigenvalue weighted by Crippen LogP contribution is -2.48. The van der Waals surface area contributed by atoms with Gasteiger partial charge in [-0.3, -0.25) is 0 Å². The zero-order valence-corrected chi connectivity index (χ0v) is 20.4. The van der Waals surface area contributed by atoms with E-state index in [1.54, 1.807) is 11.1 Å². The van der Waals surface area contributed by atoms with Crippen molar-refractivity contribution in [1.29, 1.82) is 0 Å². The fourth-order valence-corrected chi connectivity index (χ4v) is 9.69. The van der Waals surface area contributed by atoms with Gasteiger partial charge in [-0.05, 0) is 101 Å². The molecule has 0 amide bonds. The van der Waals surface area contributed by atoms with Gasteiger partial charge in [-0.15, -0.1) is 0 Å². The van der Waals surface area contributed by atoms with Crippen molar-refractivity contribution < 1.29 is 0 Å². The summed E-state index contributed by atoms with van der Waals surface area (Å²) in [5.41, 5.74) is 6.18. The number of hydrogen-bond acceptors (Lipinski definition) is 0. The van der Waals surface area contributed by atoms with Gasteiger partial charge in [-0.1, -0.05) is 104 Å². The Hall–Kier alpha value is -2.60. The van der Waals surface area contributed by atoms with Crippen LogP contribution in [0, 0.1) is 53.3 Å². The van der Waals surface area contributed by atoms with Gasteiger partial charge in [0.15, 0.2) is 0 Å². The second-order valence-corrected chi connectivity index (χ2v) is 12.0. The van der Waals surface area contributed by atoms with E-state index in [1.165, 1.54) is 43.2 Å². The lowest BCUT2D eigenvalue weighted by atomic mass is 9.49. The molecule has 0 bridgehead atoms. The van der Waals surface area contributed by atoms with E-state index in [2.05, 4.69) is 104 Å². The third kappa shape index (κ3) is 2.75. The van der Waals surface area contributed by atoms with Gasteiger partial charge < -0.3 is 0 Å². The summed E-state index contributed by atoms with van der Waals surface area (Å²) in [5, 5.41) is 0. The lowest BCUT2D eigenvalue weighted by molar-refractivity contribution is 0.00434. The van der Waals surface area contributed by atoms with Crippen LogP contribution in [0.3, 0.4) is 0 Å². The van der Waals surface area contributed by atoms with Crippen molar-refractivity contribution in [2.75, 3.05) is 0 Å². The first-order valence-electron chi connectivity index (χ1n) is 14.0. The predicted octanol–water partition coefficient (Wildman–Crippen LogP) is 8.42. The highest BCUT2D eigenvalue weighted by Gasteiger charge is 2.64. The SMILES string of the molecule is [C]1C2C=CC=CC2C2CCCC(C3CCC4C=CC=CC43)C12C1c2ccccc2-c2ccccc21. The van der Waals surface area contributed by atoms with E-state index in [9.17, 15) is 0 Å². The molecule has 0 N–H and O–H groups in total. The highest BCUT2D eigenvalue weighted by atomic mass is 14.7. The van der Waals surface area contributed by atoms with Crippen LogP contribution in [-0.4, -0.2) is 0 Å². The Morgan fingerprint density at radius 3 is 2.09 bits per heavy atom. The van der Waals surface area contributed by atoms with Crippen LogP contribution in [0.2, 0.25) is 0 Å². The van der Waals surface area contributed by atoms with Gasteiger partial charge in [0.2, 0.25) is 0 Å². The lowest BCUT2D eigenvalue weighted by Gasteiger charge is -2.54. The van der Waals surface area contributed by atoms with E-state index in [0.717, 1.165) is 11.8 Å². The monoisotopic (exact) mass is 454 g/mol. The van der Waals surface area contributed by atoms with Crippen LogP contribution < -0.4 is 0 Å². The predicted molar refractivity (Wildman–Crippen MR) is 143 cm³/mol. The van der Waals surface area contributed by atoms with Crippen molar-refractivity contribution in [2.24, 2.45) is 46.8 Å². The first-order chi connectivity index (χ1) is 17.4. The standard InChI is InChI=1S/C35H34/c1-3-12-25-23(10-1)20-21-29(25)33-19-9-18-32-26-13-4-2-11-24(26)22-35(32,33)34-30-16-7-5-14-27(30)28-15-6-8-17-31(28)34/h1-8,10-17,23-26,29,32-34H,9,18-21H2. The molecule has 0 heteroatoms. The van der Waals surface area contributed by atoms with Crippen LogP contribution in [0.25, 0.3) is 11.1 Å². The van der Waals surface area contributed by atoms with Gasteiger partial charge in [0.05, 0.1) is 0 Å². The molecular weight excluding hydrogens is 420 g/mol. The maximum Gasteiger partial charge on any atom is 0.0170 e. The number of allylic oxidation sites excluding steroid dienone is 8. The fourth-order valence-electron chi connectivity index (χ4n) is 9.69. The molecule has 0 spiro atoms. The van der Waals surface area contributed by atoms with Crippen LogP contribution in [-0.2, 0) is 0 Å². The summed E-state index contributed by atoms with van der Waals surface area (Å²) in [6, 6.07) is 18.7. The second-order valence-electron chi connectivity index (χ2n) is 12.0.